The van der Waals surface area contributed by atoms with Crippen molar-refractivity contribution in [2.75, 3.05) is 13.2 Å². The molecule has 0 radical (unpaired) electrons. The quantitative estimate of drug-likeness (QED) is 0.127. The van der Waals surface area contributed by atoms with Crippen LogP contribution >= 0.6 is 0 Å². The third-order valence-electron chi connectivity index (χ3n) is 13.4. The molecule has 3 aliphatic carbocycles. The number of Topliss-reactive ketones (excluding diaryl/α,β-unsaturated/α-hetero) is 1. The lowest BCUT2D eigenvalue weighted by Gasteiger charge is -2.49. The highest BCUT2D eigenvalue weighted by molar-refractivity contribution is 5.89. The van der Waals surface area contributed by atoms with Crippen LogP contribution in [0.25, 0.3) is 0 Å². The lowest BCUT2D eigenvalue weighted by molar-refractivity contribution is -0.144. The summed E-state index contributed by atoms with van der Waals surface area (Å²) < 4.78 is 14.7. The van der Waals surface area contributed by atoms with Gasteiger partial charge in [0.25, 0.3) is 0 Å². The highest BCUT2D eigenvalue weighted by atomic mass is 16.5. The maximum Gasteiger partial charge on any atom is 0.336 e. The van der Waals surface area contributed by atoms with Gasteiger partial charge in [-0.25, -0.2) is 32.9 Å². The van der Waals surface area contributed by atoms with Gasteiger partial charge in [0.1, 0.15) is 6.61 Å². The van der Waals surface area contributed by atoms with E-state index in [0.717, 1.165) is 32.1 Å². The van der Waals surface area contributed by atoms with Gasteiger partial charge >= 0.3 is 29.0 Å². The molecule has 0 aromatic carbocycles. The zero-order valence-corrected chi connectivity index (χ0v) is 37.6. The first-order valence-corrected chi connectivity index (χ1v) is 21.7. The highest BCUT2D eigenvalue weighted by Gasteiger charge is 2.48. The fourth-order valence-electron chi connectivity index (χ4n) is 12.4. The van der Waals surface area contributed by atoms with Crippen LogP contribution in [0.1, 0.15) is 198 Å². The van der Waals surface area contributed by atoms with Crippen molar-refractivity contribution in [1.29, 1.82) is 0 Å². The second kappa shape index (κ2) is 17.2. The van der Waals surface area contributed by atoms with Crippen LogP contribution in [0.4, 0.5) is 0 Å². The van der Waals surface area contributed by atoms with Crippen molar-refractivity contribution in [3.63, 3.8) is 0 Å². The van der Waals surface area contributed by atoms with E-state index in [2.05, 4.69) is 75.8 Å². The van der Waals surface area contributed by atoms with Gasteiger partial charge < -0.3 is 9.47 Å². The van der Waals surface area contributed by atoms with Gasteiger partial charge in [-0.1, -0.05) is 82.2 Å². The van der Waals surface area contributed by atoms with Crippen molar-refractivity contribution >= 4 is 17.7 Å². The number of hydrogen-bond donors (Lipinski definition) is 0. The number of hydrogen-bond acceptors (Lipinski definition) is 8. The van der Waals surface area contributed by atoms with Crippen molar-refractivity contribution in [3.8, 4) is 0 Å². The van der Waals surface area contributed by atoms with E-state index < -0.39 is 40.5 Å². The van der Waals surface area contributed by atoms with Crippen LogP contribution in [0, 0.1) is 32.5 Å². The molecule has 0 N–H and O–H groups in total. The van der Waals surface area contributed by atoms with Gasteiger partial charge in [0.15, 0.2) is 5.78 Å². The smallest absolute Gasteiger partial charge is 0.336 e. The number of aromatic nitrogens is 3. The molecule has 4 rings (SSSR count). The van der Waals surface area contributed by atoms with Crippen LogP contribution in [0.2, 0.25) is 0 Å². The number of esters is 2. The Kier molecular flexibility index (Phi) is 14.0. The SMILES string of the molecule is C=C(C)C(=O)OCC(=O)CCC1(C)CC(n2c(=O)n(C3CC(C)(C)CC(C)(CCC)C3)c(=O)n(C3CC(C)(C)CC(C)(CCC(=O)OCC)C3)c2=O)CC(C)(C)C1. The van der Waals surface area contributed by atoms with Crippen molar-refractivity contribution in [3.05, 3.63) is 43.6 Å². The summed E-state index contributed by atoms with van der Waals surface area (Å²) in [5, 5.41) is 0. The van der Waals surface area contributed by atoms with Gasteiger partial charge in [-0.2, -0.15) is 0 Å². The third kappa shape index (κ3) is 11.5. The first-order chi connectivity index (χ1) is 26.2. The fourth-order valence-corrected chi connectivity index (χ4v) is 12.4. The Morgan fingerprint density at radius 1 is 0.596 bits per heavy atom. The monoisotopic (exact) mass is 798 g/mol. The molecule has 0 aliphatic heterocycles. The van der Waals surface area contributed by atoms with Crippen LogP contribution in [0.15, 0.2) is 26.5 Å². The first kappa shape index (κ1) is 46.4. The standard InChI is InChI=1S/C46H75N3O8/c1-14-18-44(11)24-32(21-41(5,6)28-44)47-38(53)48(33-22-42(7,8)29-45(12,25-33)19-16-35(50)27-57-37(52)31(3)4)40(55)49(39(47)54)34-23-43(9,10)30-46(13,26-34)20-17-36(51)56-15-2/h32-34H,3,14-30H2,1-2,4-13H3. The summed E-state index contributed by atoms with van der Waals surface area (Å²) >= 11 is 0. The van der Waals surface area contributed by atoms with Crippen LogP contribution in [0.3, 0.4) is 0 Å². The minimum Gasteiger partial charge on any atom is -0.466 e. The van der Waals surface area contributed by atoms with Crippen LogP contribution < -0.4 is 17.1 Å². The van der Waals surface area contributed by atoms with E-state index in [1.807, 2.05) is 0 Å². The van der Waals surface area contributed by atoms with E-state index in [4.69, 9.17) is 9.47 Å². The van der Waals surface area contributed by atoms with E-state index in [9.17, 15) is 14.4 Å². The normalized spacial score (nSPS) is 30.6. The van der Waals surface area contributed by atoms with Crippen molar-refractivity contribution < 1.29 is 23.9 Å². The molecule has 1 heterocycles. The van der Waals surface area contributed by atoms with Gasteiger partial charge in [0.05, 0.1) is 6.61 Å². The highest BCUT2D eigenvalue weighted by Crippen LogP contribution is 2.55. The molecular formula is C46H75N3O8. The van der Waals surface area contributed by atoms with Gasteiger partial charge in [-0.05, 0) is 123 Å². The largest absolute Gasteiger partial charge is 0.466 e. The molecule has 6 unspecified atom stereocenters. The maximum atomic E-state index is 15.2. The Balaban J connectivity index is 1.87. The summed E-state index contributed by atoms with van der Waals surface area (Å²) in [6.07, 6.45) is 9.58. The van der Waals surface area contributed by atoms with Gasteiger partial charge in [-0.15, -0.1) is 0 Å². The molecule has 0 saturated heterocycles. The zero-order valence-electron chi connectivity index (χ0n) is 37.6. The molecule has 0 spiro atoms. The molecule has 322 valence electrons. The topological polar surface area (TPSA) is 136 Å². The van der Waals surface area contributed by atoms with Gasteiger partial charge in [0.2, 0.25) is 0 Å². The molecule has 3 saturated carbocycles. The number of rotatable bonds is 15. The summed E-state index contributed by atoms with van der Waals surface area (Å²) in [4.78, 5) is 82.9. The number of ketones is 1. The molecule has 11 nitrogen and oxygen atoms in total. The van der Waals surface area contributed by atoms with Gasteiger partial charge in [0, 0.05) is 36.5 Å². The molecule has 1 aromatic heterocycles. The van der Waals surface area contributed by atoms with Crippen molar-refractivity contribution in [1.82, 2.24) is 13.7 Å². The van der Waals surface area contributed by atoms with E-state index in [1.165, 1.54) is 20.6 Å². The molecule has 57 heavy (non-hydrogen) atoms. The van der Waals surface area contributed by atoms with E-state index in [0.29, 0.717) is 58.0 Å². The Morgan fingerprint density at radius 2 is 0.965 bits per heavy atom. The van der Waals surface area contributed by atoms with E-state index in [1.54, 1.807) is 6.92 Å². The summed E-state index contributed by atoms with van der Waals surface area (Å²) in [5.41, 5.74) is -2.87. The fraction of sp³-hybridized carbons (Fsp3) is 0.826. The predicted octanol–water partition coefficient (Wildman–Crippen LogP) is 9.06. The molecule has 0 bridgehead atoms. The number of ether oxygens (including phenoxy) is 2. The molecule has 1 aromatic rings. The minimum absolute atomic E-state index is 0.0754. The van der Waals surface area contributed by atoms with E-state index >= 15 is 14.4 Å². The zero-order chi connectivity index (χ0) is 42.9. The van der Waals surface area contributed by atoms with Gasteiger partial charge in [-0.3, -0.25) is 9.59 Å². The third-order valence-corrected chi connectivity index (χ3v) is 13.4. The second-order valence-electron chi connectivity index (χ2n) is 22.0. The minimum atomic E-state index is -0.601. The average Bonchev–Trinajstić information content (AvgIpc) is 3.02. The van der Waals surface area contributed by atoms with Crippen LogP contribution in [-0.4, -0.2) is 44.6 Å². The second-order valence-corrected chi connectivity index (χ2v) is 22.0. The van der Waals surface area contributed by atoms with Crippen LogP contribution in [-0.2, 0) is 23.9 Å². The summed E-state index contributed by atoms with van der Waals surface area (Å²) in [7, 11) is 0. The number of carbonyl (C=O) groups excluding carboxylic acids is 3. The maximum absolute atomic E-state index is 15.2. The molecular weight excluding hydrogens is 723 g/mol. The molecule has 3 fully saturated rings. The molecule has 6 atom stereocenters. The number of carbonyl (C=O) groups is 3. The molecule has 3 aliphatic rings. The average molecular weight is 798 g/mol. The predicted molar refractivity (Wildman–Crippen MR) is 224 cm³/mol. The Bertz CT molecular complexity index is 1860. The lowest BCUT2D eigenvalue weighted by atomic mass is 9.61. The summed E-state index contributed by atoms with van der Waals surface area (Å²) in [5.74, 6) is -1.05. The van der Waals surface area contributed by atoms with Crippen molar-refractivity contribution in [2.24, 2.45) is 32.5 Å². The lowest BCUT2D eigenvalue weighted by Crippen LogP contribution is -2.60. The Hall–Kier alpha value is -3.24. The first-order valence-electron chi connectivity index (χ1n) is 21.7. The Morgan fingerprint density at radius 3 is 1.32 bits per heavy atom. The number of nitrogens with zero attached hydrogens (tertiary/aromatic N) is 3. The van der Waals surface area contributed by atoms with E-state index in [-0.39, 0.29) is 69.9 Å². The Labute approximate surface area is 341 Å². The van der Waals surface area contributed by atoms with Crippen molar-refractivity contribution in [2.45, 2.75) is 198 Å². The molecule has 11 heteroatoms. The summed E-state index contributed by atoms with van der Waals surface area (Å²) in [6, 6.07) is -1.35. The molecule has 0 amide bonds. The summed E-state index contributed by atoms with van der Waals surface area (Å²) in [6.45, 7) is 28.7. The van der Waals surface area contributed by atoms with Crippen LogP contribution in [0.5, 0.6) is 0 Å².